The highest BCUT2D eigenvalue weighted by Crippen LogP contribution is 2.38. The van der Waals surface area contributed by atoms with Gasteiger partial charge in [-0.1, -0.05) is 37.6 Å². The Morgan fingerprint density at radius 2 is 1.73 bits per heavy atom. The molecule has 174 valence electrons. The molecule has 6 nitrogen and oxygen atoms in total. The Kier molecular flexibility index (Phi) is 8.30. The van der Waals surface area contributed by atoms with Crippen LogP contribution in [0.5, 0.6) is 11.5 Å². The Morgan fingerprint density at radius 1 is 1.03 bits per heavy atom. The van der Waals surface area contributed by atoms with Crippen molar-refractivity contribution in [3.8, 4) is 17.6 Å². The number of rotatable bonds is 10. The molecular formula is C24H23Cl2NO5S. The fraction of sp³-hybridized carbons (Fsp3) is 0.292. The van der Waals surface area contributed by atoms with Crippen LogP contribution < -0.4 is 9.47 Å². The van der Waals surface area contributed by atoms with Crippen LogP contribution in [-0.2, 0) is 28.5 Å². The van der Waals surface area contributed by atoms with Gasteiger partial charge < -0.3 is 13.9 Å². The van der Waals surface area contributed by atoms with E-state index in [-0.39, 0.29) is 19.0 Å². The Bertz CT molecular complexity index is 1220. The SMILES string of the molecule is CC(C)(c1ccc(OCc2ccc(C[SH](=O)=O)o2)cc1)c1cc(Cl)c(OCCCl)c(C#N)c1. The average molecular weight is 508 g/mol. The predicted molar refractivity (Wildman–Crippen MR) is 128 cm³/mol. The third-order valence-electron chi connectivity index (χ3n) is 5.17. The van der Waals surface area contributed by atoms with Crippen LogP contribution in [0.25, 0.3) is 0 Å². The van der Waals surface area contributed by atoms with E-state index >= 15 is 0 Å². The summed E-state index contributed by atoms with van der Waals surface area (Å²) in [4.78, 5) is 0. The number of alkyl halides is 1. The molecule has 0 saturated carbocycles. The summed E-state index contributed by atoms with van der Waals surface area (Å²) in [6.07, 6.45) is 0. The van der Waals surface area contributed by atoms with Crippen molar-refractivity contribution in [1.29, 1.82) is 5.26 Å². The van der Waals surface area contributed by atoms with Crippen LogP contribution in [0.3, 0.4) is 0 Å². The molecule has 3 rings (SSSR count). The van der Waals surface area contributed by atoms with Crippen LogP contribution in [0.2, 0.25) is 5.02 Å². The predicted octanol–water partition coefficient (Wildman–Crippen LogP) is 5.44. The second-order valence-corrected chi connectivity index (χ2v) is 9.55. The first-order valence-corrected chi connectivity index (χ1v) is 12.4. The monoisotopic (exact) mass is 507 g/mol. The molecule has 0 unspecified atom stereocenters. The molecule has 0 N–H and O–H groups in total. The largest absolute Gasteiger partial charge is 0.489 e. The molecule has 0 fully saturated rings. The number of nitrogens with zero attached hydrogens (tertiary/aromatic N) is 1. The highest BCUT2D eigenvalue weighted by Gasteiger charge is 2.26. The Labute approximate surface area is 204 Å². The van der Waals surface area contributed by atoms with Crippen LogP contribution in [0, 0.1) is 11.3 Å². The summed E-state index contributed by atoms with van der Waals surface area (Å²) in [7, 11) is -2.53. The molecule has 0 radical (unpaired) electrons. The minimum atomic E-state index is -2.53. The van der Waals surface area contributed by atoms with E-state index in [1.54, 1.807) is 24.3 Å². The van der Waals surface area contributed by atoms with E-state index in [4.69, 9.17) is 37.1 Å². The first kappa shape index (κ1) is 25.0. The highest BCUT2D eigenvalue weighted by atomic mass is 35.5. The molecular weight excluding hydrogens is 485 g/mol. The van der Waals surface area contributed by atoms with E-state index in [0.717, 1.165) is 11.1 Å². The molecule has 0 aliphatic heterocycles. The van der Waals surface area contributed by atoms with Gasteiger partial charge in [0.2, 0.25) is 0 Å². The summed E-state index contributed by atoms with van der Waals surface area (Å²) in [5.74, 6) is 2.08. The van der Waals surface area contributed by atoms with Crippen LogP contribution in [0.15, 0.2) is 52.9 Å². The maximum atomic E-state index is 10.8. The van der Waals surface area contributed by atoms with E-state index in [9.17, 15) is 13.7 Å². The van der Waals surface area contributed by atoms with Gasteiger partial charge >= 0.3 is 0 Å². The van der Waals surface area contributed by atoms with Crippen molar-refractivity contribution in [1.82, 2.24) is 0 Å². The molecule has 0 aliphatic rings. The smallest absolute Gasteiger partial charge is 0.155 e. The lowest BCUT2D eigenvalue weighted by atomic mass is 9.77. The molecule has 1 aromatic heterocycles. The quantitative estimate of drug-likeness (QED) is 0.290. The number of nitriles is 1. The molecule has 9 heteroatoms. The highest BCUT2D eigenvalue weighted by molar-refractivity contribution is 7.71. The van der Waals surface area contributed by atoms with Gasteiger partial charge in [0.1, 0.15) is 53.0 Å². The van der Waals surface area contributed by atoms with Crippen LogP contribution in [0.4, 0.5) is 0 Å². The molecule has 3 aromatic rings. The number of halogens is 2. The normalized spacial score (nSPS) is 11.4. The first-order chi connectivity index (χ1) is 15.7. The molecule has 0 amide bonds. The van der Waals surface area contributed by atoms with Gasteiger partial charge in [0, 0.05) is 5.41 Å². The van der Waals surface area contributed by atoms with Crippen molar-refractivity contribution in [2.45, 2.75) is 31.6 Å². The minimum Gasteiger partial charge on any atom is -0.489 e. The van der Waals surface area contributed by atoms with E-state index in [0.29, 0.717) is 39.5 Å². The standard InChI is InChI=1S/C24H23Cl2NO5S/c1-24(2,18-11-16(13-27)23(22(26)12-18)30-10-9-25)17-3-5-19(6-4-17)31-14-20-7-8-21(32-20)15-33(28)29/h3-8,11-12,33H,9-10,14-15H2,1-2H3. The van der Waals surface area contributed by atoms with Crippen molar-refractivity contribution in [2.75, 3.05) is 12.5 Å². The molecule has 0 spiro atoms. The summed E-state index contributed by atoms with van der Waals surface area (Å²) in [5, 5.41) is 9.92. The lowest BCUT2D eigenvalue weighted by Gasteiger charge is -2.27. The fourth-order valence-electron chi connectivity index (χ4n) is 3.33. The number of ether oxygens (including phenoxy) is 2. The number of hydrogen-bond acceptors (Lipinski definition) is 6. The molecule has 2 aromatic carbocycles. The van der Waals surface area contributed by atoms with Gasteiger partial charge in [0.15, 0.2) is 5.75 Å². The third-order valence-corrected chi connectivity index (χ3v) is 6.17. The minimum absolute atomic E-state index is 0.129. The number of benzene rings is 2. The van der Waals surface area contributed by atoms with Crippen molar-refractivity contribution in [2.24, 2.45) is 0 Å². The molecule has 0 bridgehead atoms. The number of thiol groups is 1. The lowest BCUT2D eigenvalue weighted by Crippen LogP contribution is -2.19. The third kappa shape index (κ3) is 6.23. The van der Waals surface area contributed by atoms with Gasteiger partial charge in [-0.3, -0.25) is 0 Å². The summed E-state index contributed by atoms with van der Waals surface area (Å²) in [5.41, 5.74) is 1.79. The molecule has 1 heterocycles. The summed E-state index contributed by atoms with van der Waals surface area (Å²) in [6, 6.07) is 16.6. The lowest BCUT2D eigenvalue weighted by molar-refractivity contribution is 0.267. The summed E-state index contributed by atoms with van der Waals surface area (Å²) >= 11 is 12.1. The van der Waals surface area contributed by atoms with Gasteiger partial charge in [-0.25, -0.2) is 8.42 Å². The second-order valence-electron chi connectivity index (χ2n) is 7.78. The maximum Gasteiger partial charge on any atom is 0.155 e. The zero-order valence-corrected chi connectivity index (χ0v) is 20.5. The Hall–Kier alpha value is -2.66. The van der Waals surface area contributed by atoms with Gasteiger partial charge in [-0.15, -0.1) is 11.6 Å². The maximum absolute atomic E-state index is 10.8. The van der Waals surface area contributed by atoms with Gasteiger partial charge in [0.25, 0.3) is 0 Å². The van der Waals surface area contributed by atoms with Crippen molar-refractivity contribution in [3.05, 3.63) is 81.8 Å². The second kappa shape index (κ2) is 11.0. The molecule has 0 aliphatic carbocycles. The molecule has 33 heavy (non-hydrogen) atoms. The van der Waals surface area contributed by atoms with Gasteiger partial charge in [-0.05, 0) is 47.5 Å². The fourth-order valence-corrected chi connectivity index (χ4v) is 4.10. The number of furan rings is 1. The molecule has 0 saturated heterocycles. The summed E-state index contributed by atoms with van der Waals surface area (Å²) in [6.45, 7) is 4.53. The Balaban J connectivity index is 1.74. The van der Waals surface area contributed by atoms with Crippen LogP contribution in [-0.4, -0.2) is 20.9 Å². The topological polar surface area (TPSA) is 89.5 Å². The average Bonchev–Trinajstić information content (AvgIpc) is 3.23. The number of hydrogen-bond donors (Lipinski definition) is 1. The van der Waals surface area contributed by atoms with Crippen molar-refractivity contribution < 1.29 is 22.3 Å². The van der Waals surface area contributed by atoms with Crippen molar-refractivity contribution >= 4 is 33.9 Å². The van der Waals surface area contributed by atoms with Crippen LogP contribution in [0.1, 0.15) is 42.1 Å². The first-order valence-electron chi connectivity index (χ1n) is 10.1. The van der Waals surface area contributed by atoms with Crippen LogP contribution >= 0.6 is 23.2 Å². The Morgan fingerprint density at radius 3 is 2.36 bits per heavy atom. The van der Waals surface area contributed by atoms with E-state index in [2.05, 4.69) is 6.07 Å². The molecule has 0 atom stereocenters. The van der Waals surface area contributed by atoms with Crippen molar-refractivity contribution in [3.63, 3.8) is 0 Å². The van der Waals surface area contributed by atoms with E-state index in [1.165, 1.54) is 0 Å². The van der Waals surface area contributed by atoms with Gasteiger partial charge in [0.05, 0.1) is 16.5 Å². The summed E-state index contributed by atoms with van der Waals surface area (Å²) < 4.78 is 38.3. The van der Waals surface area contributed by atoms with E-state index in [1.807, 2.05) is 38.1 Å². The zero-order valence-electron chi connectivity index (χ0n) is 18.1. The van der Waals surface area contributed by atoms with Gasteiger partial charge in [-0.2, -0.15) is 5.26 Å². The van der Waals surface area contributed by atoms with E-state index < -0.39 is 16.1 Å². The zero-order chi connectivity index (χ0) is 24.0.